The number of hydrogen-bond acceptors (Lipinski definition) is 3. The van der Waals surface area contributed by atoms with Gasteiger partial charge in [0.05, 0.1) is 0 Å². The van der Waals surface area contributed by atoms with E-state index < -0.39 is 0 Å². The number of fused-ring (bicyclic) bond motifs is 2. The average Bonchev–Trinajstić information content (AvgIpc) is 2.77. The minimum atomic E-state index is 0.0328. The van der Waals surface area contributed by atoms with Crippen molar-refractivity contribution in [1.29, 1.82) is 0 Å². The summed E-state index contributed by atoms with van der Waals surface area (Å²) in [5, 5.41) is 0. The molecule has 3 rings (SSSR count). The largest absolute Gasteiger partial charge is 0.297 e. The summed E-state index contributed by atoms with van der Waals surface area (Å²) in [5.41, 5.74) is 0. The molecule has 1 nitrogen and oxygen atoms in total. The van der Waals surface area contributed by atoms with E-state index in [2.05, 4.69) is 0 Å². The van der Waals surface area contributed by atoms with Crippen LogP contribution in [0.2, 0.25) is 0 Å². The first kappa shape index (κ1) is 9.59. The summed E-state index contributed by atoms with van der Waals surface area (Å²) in [6.45, 7) is 0. The van der Waals surface area contributed by atoms with E-state index in [0.717, 1.165) is 18.3 Å². The van der Waals surface area contributed by atoms with Gasteiger partial charge < -0.3 is 0 Å². The average molecular weight is 228 g/mol. The van der Waals surface area contributed by atoms with Crippen molar-refractivity contribution >= 4 is 29.3 Å². The van der Waals surface area contributed by atoms with Gasteiger partial charge in [-0.2, -0.15) is 0 Å². The summed E-state index contributed by atoms with van der Waals surface area (Å²) in [6, 6.07) is 0. The van der Waals surface area contributed by atoms with Crippen LogP contribution < -0.4 is 0 Å². The van der Waals surface area contributed by atoms with Crippen LogP contribution >= 0.6 is 23.5 Å². The Balaban J connectivity index is 1.91. The molecule has 0 unspecified atom stereocenters. The second-order valence-corrected chi connectivity index (χ2v) is 7.58. The van der Waals surface area contributed by atoms with Crippen molar-refractivity contribution in [3.63, 3.8) is 0 Å². The number of carbonyl (C=O) groups is 1. The van der Waals surface area contributed by atoms with Crippen molar-refractivity contribution in [3.8, 4) is 0 Å². The van der Waals surface area contributed by atoms with Gasteiger partial charge in [0.25, 0.3) is 0 Å². The molecule has 1 heterocycles. The summed E-state index contributed by atoms with van der Waals surface area (Å²) in [5.74, 6) is 4.43. The molecule has 1 saturated heterocycles. The lowest BCUT2D eigenvalue weighted by molar-refractivity contribution is -0.118. The Labute approximate surface area is 93.8 Å². The maximum absolute atomic E-state index is 12.1. The normalized spacial score (nSPS) is 40.4. The molecule has 2 atom stereocenters. The summed E-state index contributed by atoms with van der Waals surface area (Å²) in [6.07, 6.45) is 6.25. The van der Waals surface area contributed by atoms with Crippen LogP contribution in [0.3, 0.4) is 0 Å². The molecule has 0 aromatic carbocycles. The van der Waals surface area contributed by atoms with Gasteiger partial charge in [-0.15, -0.1) is 23.5 Å². The van der Waals surface area contributed by atoms with E-state index in [-0.39, 0.29) is 4.08 Å². The number of Topliss-reactive ketones (excluding diaryl/α,β-unsaturated/α-hetero) is 1. The minimum Gasteiger partial charge on any atom is -0.297 e. The lowest BCUT2D eigenvalue weighted by atomic mass is 9.81. The fraction of sp³-hybridized carbons (Fsp3) is 0.909. The molecule has 78 valence electrons. The third kappa shape index (κ3) is 1.21. The Hall–Kier alpha value is 0.370. The highest BCUT2D eigenvalue weighted by atomic mass is 32.2. The van der Waals surface area contributed by atoms with E-state index in [4.69, 9.17) is 0 Å². The van der Waals surface area contributed by atoms with Crippen LogP contribution in [0.15, 0.2) is 0 Å². The maximum Gasteiger partial charge on any atom is 0.159 e. The molecule has 3 heteroatoms. The molecule has 1 spiro atoms. The van der Waals surface area contributed by atoms with E-state index >= 15 is 0 Å². The monoisotopic (exact) mass is 228 g/mol. The van der Waals surface area contributed by atoms with Crippen molar-refractivity contribution in [2.75, 3.05) is 11.5 Å². The van der Waals surface area contributed by atoms with Gasteiger partial charge in [-0.3, -0.25) is 4.79 Å². The summed E-state index contributed by atoms with van der Waals surface area (Å²) in [4.78, 5) is 12.1. The molecule has 2 saturated carbocycles. The first-order valence-corrected chi connectivity index (χ1v) is 7.61. The van der Waals surface area contributed by atoms with Crippen LogP contribution in [0, 0.1) is 11.8 Å². The minimum absolute atomic E-state index is 0.0328. The lowest BCUT2D eigenvalue weighted by Crippen LogP contribution is -2.33. The van der Waals surface area contributed by atoms with Gasteiger partial charge in [0, 0.05) is 17.9 Å². The lowest BCUT2D eigenvalue weighted by Gasteiger charge is -2.33. The molecule has 0 amide bonds. The van der Waals surface area contributed by atoms with Gasteiger partial charge in [-0.1, -0.05) is 12.8 Å². The highest BCUT2D eigenvalue weighted by Crippen LogP contribution is 2.60. The van der Waals surface area contributed by atoms with E-state index in [1.54, 1.807) is 0 Å². The number of hydrogen-bond donors (Lipinski definition) is 0. The highest BCUT2D eigenvalue weighted by Gasteiger charge is 2.57. The molecular weight excluding hydrogens is 212 g/mol. The Morgan fingerprint density at radius 2 is 1.86 bits per heavy atom. The topological polar surface area (TPSA) is 17.1 Å². The molecule has 0 radical (unpaired) electrons. The zero-order chi connectivity index (χ0) is 9.60. The van der Waals surface area contributed by atoms with E-state index in [1.165, 1.54) is 37.2 Å². The summed E-state index contributed by atoms with van der Waals surface area (Å²) >= 11 is 3.92. The van der Waals surface area contributed by atoms with Gasteiger partial charge in [0.1, 0.15) is 4.08 Å². The summed E-state index contributed by atoms with van der Waals surface area (Å²) in [7, 11) is 0. The van der Waals surface area contributed by atoms with Crippen LogP contribution in [0.4, 0.5) is 0 Å². The number of ketones is 1. The van der Waals surface area contributed by atoms with Crippen molar-refractivity contribution in [2.24, 2.45) is 11.8 Å². The second kappa shape index (κ2) is 3.44. The molecule has 3 aliphatic rings. The van der Waals surface area contributed by atoms with Gasteiger partial charge in [-0.25, -0.2) is 0 Å². The fourth-order valence-corrected chi connectivity index (χ4v) is 6.99. The van der Waals surface area contributed by atoms with Gasteiger partial charge in [-0.05, 0) is 24.7 Å². The van der Waals surface area contributed by atoms with Crippen molar-refractivity contribution in [3.05, 3.63) is 0 Å². The van der Waals surface area contributed by atoms with Crippen LogP contribution in [0.1, 0.15) is 32.1 Å². The molecular formula is C11H16OS2. The van der Waals surface area contributed by atoms with Crippen molar-refractivity contribution in [2.45, 2.75) is 36.2 Å². The SMILES string of the molecule is O=C1C[C@@H]2CCCC[C@H]2C12SCCS2. The highest BCUT2D eigenvalue weighted by molar-refractivity contribution is 8.22. The Morgan fingerprint density at radius 3 is 2.64 bits per heavy atom. The first-order chi connectivity index (χ1) is 6.83. The van der Waals surface area contributed by atoms with Gasteiger partial charge in [0.2, 0.25) is 0 Å². The zero-order valence-electron chi connectivity index (χ0n) is 8.33. The van der Waals surface area contributed by atoms with E-state index in [9.17, 15) is 4.79 Å². The van der Waals surface area contributed by atoms with E-state index in [1.807, 2.05) is 23.5 Å². The maximum atomic E-state index is 12.1. The Morgan fingerprint density at radius 1 is 1.14 bits per heavy atom. The molecule has 14 heavy (non-hydrogen) atoms. The Kier molecular flexibility index (Phi) is 2.36. The molecule has 2 aliphatic carbocycles. The second-order valence-electron chi connectivity index (χ2n) is 4.64. The molecule has 0 N–H and O–H groups in total. The van der Waals surface area contributed by atoms with Crippen LogP contribution in [0.5, 0.6) is 0 Å². The molecule has 0 aromatic heterocycles. The molecule has 3 fully saturated rings. The van der Waals surface area contributed by atoms with Crippen LogP contribution in [0.25, 0.3) is 0 Å². The van der Waals surface area contributed by atoms with Gasteiger partial charge >= 0.3 is 0 Å². The molecule has 1 aliphatic heterocycles. The van der Waals surface area contributed by atoms with Crippen LogP contribution in [-0.4, -0.2) is 21.4 Å². The zero-order valence-corrected chi connectivity index (χ0v) is 9.96. The smallest absolute Gasteiger partial charge is 0.159 e. The summed E-state index contributed by atoms with van der Waals surface area (Å²) < 4.78 is 0.0328. The first-order valence-electron chi connectivity index (χ1n) is 5.64. The molecule has 0 aromatic rings. The van der Waals surface area contributed by atoms with Gasteiger partial charge in [0.15, 0.2) is 5.78 Å². The van der Waals surface area contributed by atoms with Crippen molar-refractivity contribution < 1.29 is 4.79 Å². The van der Waals surface area contributed by atoms with Crippen molar-refractivity contribution in [1.82, 2.24) is 0 Å². The number of carbonyl (C=O) groups excluding carboxylic acids is 1. The van der Waals surface area contributed by atoms with Crippen LogP contribution in [-0.2, 0) is 4.79 Å². The predicted molar refractivity (Wildman–Crippen MR) is 62.7 cm³/mol. The Bertz CT molecular complexity index is 258. The fourth-order valence-electron chi connectivity index (χ4n) is 3.34. The third-order valence-corrected chi connectivity index (χ3v) is 7.65. The quantitative estimate of drug-likeness (QED) is 0.634. The predicted octanol–water partition coefficient (Wildman–Crippen LogP) is 2.94. The number of rotatable bonds is 0. The van der Waals surface area contributed by atoms with E-state index in [0.29, 0.717) is 5.78 Å². The number of thioether (sulfide) groups is 2. The standard InChI is InChI=1S/C11H16OS2/c12-10-7-8-3-1-2-4-9(8)11(10)13-5-6-14-11/h8-9H,1-7H2/t8-,9+/m0/s1. The third-order valence-electron chi connectivity index (χ3n) is 3.95. The molecule has 0 bridgehead atoms.